The molecule has 0 bridgehead atoms. The van der Waals surface area contributed by atoms with Crippen molar-refractivity contribution in [3.05, 3.63) is 35.4 Å². The Morgan fingerprint density at radius 2 is 1.89 bits per heavy atom. The van der Waals surface area contributed by atoms with Crippen LogP contribution in [0.4, 0.5) is 13.2 Å². The van der Waals surface area contributed by atoms with Crippen molar-refractivity contribution in [1.82, 2.24) is 4.90 Å². The standard InChI is InChI=1S/C13H17F3N2/c1-2-18-8-7-11(17)12(18)9-3-5-10(6-4-9)13(14,15)16/h3-6,11-12H,2,7-8,17H2,1H3. The molecule has 2 nitrogen and oxygen atoms in total. The van der Waals surface area contributed by atoms with E-state index in [1.54, 1.807) is 12.1 Å². The van der Waals surface area contributed by atoms with Gasteiger partial charge in [0.25, 0.3) is 0 Å². The summed E-state index contributed by atoms with van der Waals surface area (Å²) in [6.45, 7) is 3.80. The van der Waals surface area contributed by atoms with Crippen LogP contribution in [0.2, 0.25) is 0 Å². The summed E-state index contributed by atoms with van der Waals surface area (Å²) < 4.78 is 37.4. The molecule has 0 aliphatic carbocycles. The Morgan fingerprint density at radius 1 is 1.28 bits per heavy atom. The lowest BCUT2D eigenvalue weighted by molar-refractivity contribution is -0.137. The zero-order valence-corrected chi connectivity index (χ0v) is 10.2. The maximum atomic E-state index is 12.5. The van der Waals surface area contributed by atoms with Gasteiger partial charge in [0.15, 0.2) is 0 Å². The van der Waals surface area contributed by atoms with Crippen LogP contribution >= 0.6 is 0 Å². The molecule has 1 aliphatic heterocycles. The number of hydrogen-bond donors (Lipinski definition) is 1. The molecule has 1 heterocycles. The number of rotatable bonds is 2. The number of nitrogens with two attached hydrogens (primary N) is 1. The van der Waals surface area contributed by atoms with E-state index in [9.17, 15) is 13.2 Å². The van der Waals surface area contributed by atoms with Crippen LogP contribution in [0.1, 0.15) is 30.5 Å². The average Bonchev–Trinajstić information content (AvgIpc) is 2.69. The second-order valence-corrected chi connectivity index (χ2v) is 4.65. The first-order valence-corrected chi connectivity index (χ1v) is 6.10. The summed E-state index contributed by atoms with van der Waals surface area (Å²) in [7, 11) is 0. The van der Waals surface area contributed by atoms with Gasteiger partial charge in [0.05, 0.1) is 5.56 Å². The number of likely N-dealkylation sites (N-methyl/N-ethyl adjacent to an activating group) is 1. The minimum atomic E-state index is -4.28. The monoisotopic (exact) mass is 258 g/mol. The Hall–Kier alpha value is -1.07. The van der Waals surface area contributed by atoms with Gasteiger partial charge in [-0.05, 0) is 30.7 Å². The van der Waals surface area contributed by atoms with Crippen molar-refractivity contribution in [2.75, 3.05) is 13.1 Å². The van der Waals surface area contributed by atoms with E-state index in [0.717, 1.165) is 37.2 Å². The van der Waals surface area contributed by atoms with E-state index >= 15 is 0 Å². The highest BCUT2D eigenvalue weighted by Gasteiger charge is 2.33. The largest absolute Gasteiger partial charge is 0.416 e. The van der Waals surface area contributed by atoms with Crippen molar-refractivity contribution in [3.63, 3.8) is 0 Å². The van der Waals surface area contributed by atoms with Gasteiger partial charge in [0, 0.05) is 18.6 Å². The molecule has 5 heteroatoms. The highest BCUT2D eigenvalue weighted by molar-refractivity contribution is 5.28. The molecule has 2 atom stereocenters. The van der Waals surface area contributed by atoms with Crippen LogP contribution in [0.5, 0.6) is 0 Å². The van der Waals surface area contributed by atoms with Gasteiger partial charge >= 0.3 is 6.18 Å². The summed E-state index contributed by atoms with van der Waals surface area (Å²) >= 11 is 0. The fourth-order valence-electron chi connectivity index (χ4n) is 2.56. The predicted molar refractivity (Wildman–Crippen MR) is 64.0 cm³/mol. The maximum absolute atomic E-state index is 12.5. The first-order valence-electron chi connectivity index (χ1n) is 6.10. The molecule has 0 aromatic heterocycles. The van der Waals surface area contributed by atoms with Crippen LogP contribution in [-0.2, 0) is 6.18 Å². The fourth-order valence-corrected chi connectivity index (χ4v) is 2.56. The van der Waals surface area contributed by atoms with Gasteiger partial charge in [0.2, 0.25) is 0 Å². The topological polar surface area (TPSA) is 29.3 Å². The number of hydrogen-bond acceptors (Lipinski definition) is 2. The van der Waals surface area contributed by atoms with Crippen molar-refractivity contribution in [3.8, 4) is 0 Å². The minimum absolute atomic E-state index is 0.00156. The summed E-state index contributed by atoms with van der Waals surface area (Å²) in [5.74, 6) is 0. The number of halogens is 3. The summed E-state index contributed by atoms with van der Waals surface area (Å²) in [5.41, 5.74) is 6.30. The molecule has 0 radical (unpaired) electrons. The third kappa shape index (κ3) is 2.52. The molecule has 1 fully saturated rings. The van der Waals surface area contributed by atoms with Crippen LogP contribution in [-0.4, -0.2) is 24.0 Å². The number of nitrogens with zero attached hydrogens (tertiary/aromatic N) is 1. The maximum Gasteiger partial charge on any atom is 0.416 e. The summed E-state index contributed by atoms with van der Waals surface area (Å²) in [5, 5.41) is 0. The Kier molecular flexibility index (Phi) is 3.64. The van der Waals surface area contributed by atoms with Gasteiger partial charge in [-0.3, -0.25) is 4.90 Å². The molecular weight excluding hydrogens is 241 g/mol. The minimum Gasteiger partial charge on any atom is -0.326 e. The fraction of sp³-hybridized carbons (Fsp3) is 0.538. The molecule has 2 rings (SSSR count). The first kappa shape index (κ1) is 13.4. The molecule has 1 aromatic carbocycles. The van der Waals surface area contributed by atoms with Crippen molar-refractivity contribution < 1.29 is 13.2 Å². The lowest BCUT2D eigenvalue weighted by Crippen LogP contribution is -2.31. The Morgan fingerprint density at radius 3 is 2.39 bits per heavy atom. The van der Waals surface area contributed by atoms with E-state index in [2.05, 4.69) is 4.90 Å². The van der Waals surface area contributed by atoms with Crippen LogP contribution < -0.4 is 5.73 Å². The molecular formula is C13H17F3N2. The third-order valence-electron chi connectivity index (χ3n) is 3.53. The van der Waals surface area contributed by atoms with Crippen LogP contribution in [0, 0.1) is 0 Å². The van der Waals surface area contributed by atoms with Crippen LogP contribution in [0.3, 0.4) is 0 Å². The smallest absolute Gasteiger partial charge is 0.326 e. The summed E-state index contributed by atoms with van der Waals surface area (Å²) in [6.07, 6.45) is -3.39. The molecule has 0 amide bonds. The second-order valence-electron chi connectivity index (χ2n) is 4.65. The molecule has 100 valence electrons. The zero-order valence-electron chi connectivity index (χ0n) is 10.2. The normalized spacial score (nSPS) is 25.6. The molecule has 2 N–H and O–H groups in total. The van der Waals surface area contributed by atoms with Crippen molar-refractivity contribution >= 4 is 0 Å². The van der Waals surface area contributed by atoms with E-state index in [4.69, 9.17) is 5.73 Å². The zero-order chi connectivity index (χ0) is 13.3. The van der Waals surface area contributed by atoms with Gasteiger partial charge in [-0.15, -0.1) is 0 Å². The van der Waals surface area contributed by atoms with Gasteiger partial charge in [-0.25, -0.2) is 0 Å². The van der Waals surface area contributed by atoms with Gasteiger partial charge in [-0.2, -0.15) is 13.2 Å². The first-order chi connectivity index (χ1) is 8.43. The van der Waals surface area contributed by atoms with E-state index in [0.29, 0.717) is 0 Å². The van der Waals surface area contributed by atoms with Crippen molar-refractivity contribution in [2.24, 2.45) is 5.73 Å². The van der Waals surface area contributed by atoms with E-state index in [1.165, 1.54) is 0 Å². The molecule has 18 heavy (non-hydrogen) atoms. The SMILES string of the molecule is CCN1CCC(N)C1c1ccc(C(F)(F)F)cc1. The Balaban J connectivity index is 2.23. The molecule has 0 saturated carbocycles. The lowest BCUT2D eigenvalue weighted by atomic mass is 9.99. The van der Waals surface area contributed by atoms with Gasteiger partial charge in [0.1, 0.15) is 0 Å². The van der Waals surface area contributed by atoms with Crippen LogP contribution in [0.15, 0.2) is 24.3 Å². The van der Waals surface area contributed by atoms with E-state index in [1.807, 2.05) is 6.92 Å². The van der Waals surface area contributed by atoms with Crippen molar-refractivity contribution in [2.45, 2.75) is 31.6 Å². The molecule has 2 unspecified atom stereocenters. The Labute approximate surface area is 105 Å². The highest BCUT2D eigenvalue weighted by Crippen LogP contribution is 2.34. The number of likely N-dealkylation sites (tertiary alicyclic amines) is 1. The second kappa shape index (κ2) is 4.90. The predicted octanol–water partition coefficient (Wildman–Crippen LogP) is 2.80. The molecule has 0 spiro atoms. The highest BCUT2D eigenvalue weighted by atomic mass is 19.4. The van der Waals surface area contributed by atoms with Gasteiger partial charge in [-0.1, -0.05) is 19.1 Å². The summed E-state index contributed by atoms with van der Waals surface area (Å²) in [4.78, 5) is 2.20. The Bertz CT molecular complexity index is 400. The quantitative estimate of drug-likeness (QED) is 0.883. The average molecular weight is 258 g/mol. The third-order valence-corrected chi connectivity index (χ3v) is 3.53. The lowest BCUT2D eigenvalue weighted by Gasteiger charge is -2.26. The molecule has 1 saturated heterocycles. The van der Waals surface area contributed by atoms with Crippen molar-refractivity contribution in [1.29, 1.82) is 0 Å². The van der Waals surface area contributed by atoms with Crippen LogP contribution in [0.25, 0.3) is 0 Å². The van der Waals surface area contributed by atoms with Gasteiger partial charge < -0.3 is 5.73 Å². The number of benzene rings is 1. The van der Waals surface area contributed by atoms with E-state index in [-0.39, 0.29) is 12.1 Å². The number of alkyl halides is 3. The van der Waals surface area contributed by atoms with E-state index < -0.39 is 11.7 Å². The molecule has 1 aliphatic rings. The molecule has 1 aromatic rings. The summed E-state index contributed by atoms with van der Waals surface area (Å²) in [6, 6.07) is 5.39.